The van der Waals surface area contributed by atoms with E-state index in [0.29, 0.717) is 6.54 Å². The molecule has 0 unspecified atom stereocenters. The third-order valence-electron chi connectivity index (χ3n) is 2.46. The summed E-state index contributed by atoms with van der Waals surface area (Å²) < 4.78 is 7.15. The van der Waals surface area contributed by atoms with Gasteiger partial charge in [-0.15, -0.1) is 0 Å². The van der Waals surface area contributed by atoms with Crippen molar-refractivity contribution >= 4 is 31.9 Å². The summed E-state index contributed by atoms with van der Waals surface area (Å²) in [7, 11) is 0. The molecule has 0 aliphatic heterocycles. The zero-order chi connectivity index (χ0) is 12.3. The first-order chi connectivity index (χ1) is 8.16. The average molecular weight is 360 g/mol. The van der Waals surface area contributed by atoms with Crippen molar-refractivity contribution in [2.24, 2.45) is 0 Å². The van der Waals surface area contributed by atoms with E-state index in [-0.39, 0.29) is 6.04 Å². The van der Waals surface area contributed by atoms with Gasteiger partial charge < -0.3 is 9.73 Å². The molecule has 0 aliphatic rings. The lowest BCUT2D eigenvalue weighted by Crippen LogP contribution is -2.17. The summed E-state index contributed by atoms with van der Waals surface area (Å²) in [6.45, 7) is 2.78. The van der Waals surface area contributed by atoms with Crippen LogP contribution in [0.3, 0.4) is 0 Å². The molecule has 2 heterocycles. The van der Waals surface area contributed by atoms with Crippen LogP contribution in [0.1, 0.15) is 24.3 Å². The molecule has 0 spiro atoms. The molecule has 90 valence electrons. The largest absolute Gasteiger partial charge is 0.452 e. The van der Waals surface area contributed by atoms with Crippen molar-refractivity contribution in [3.8, 4) is 0 Å². The van der Waals surface area contributed by atoms with Crippen LogP contribution in [0.5, 0.6) is 0 Å². The van der Waals surface area contributed by atoms with E-state index in [1.807, 2.05) is 18.3 Å². The maximum atomic E-state index is 5.49. The summed E-state index contributed by atoms with van der Waals surface area (Å²) in [6, 6.07) is 6.19. The molecule has 2 aromatic rings. The molecule has 0 amide bonds. The van der Waals surface area contributed by atoms with Crippen LogP contribution in [0.15, 0.2) is 44.2 Å². The van der Waals surface area contributed by atoms with Crippen LogP contribution < -0.4 is 5.32 Å². The fraction of sp³-hybridized carbons (Fsp3) is 0.250. The predicted octanol–water partition coefficient (Wildman–Crippen LogP) is 4.05. The van der Waals surface area contributed by atoms with Crippen molar-refractivity contribution in [2.45, 2.75) is 19.5 Å². The van der Waals surface area contributed by atoms with E-state index < -0.39 is 0 Å². The normalized spacial score (nSPS) is 12.6. The molecule has 0 saturated heterocycles. The van der Waals surface area contributed by atoms with Gasteiger partial charge in [0.2, 0.25) is 0 Å². The highest BCUT2D eigenvalue weighted by atomic mass is 79.9. The van der Waals surface area contributed by atoms with Crippen molar-refractivity contribution in [1.82, 2.24) is 10.3 Å². The summed E-state index contributed by atoms with van der Waals surface area (Å²) in [5.41, 5.74) is 1.16. The maximum Gasteiger partial charge on any atom is 0.183 e. The standard InChI is InChI=1S/C12H12Br2N2O/c1-8(9-3-2-4-15-6-9)16-7-10-5-11(13)12(14)17-10/h2-6,8,16H,7H2,1H3/t8-/m1/s1. The van der Waals surface area contributed by atoms with E-state index in [0.717, 1.165) is 20.5 Å². The van der Waals surface area contributed by atoms with Crippen LogP contribution in [0.4, 0.5) is 0 Å². The second kappa shape index (κ2) is 5.80. The van der Waals surface area contributed by atoms with Crippen molar-refractivity contribution in [2.75, 3.05) is 0 Å². The minimum absolute atomic E-state index is 0.242. The van der Waals surface area contributed by atoms with Crippen LogP contribution in [-0.4, -0.2) is 4.98 Å². The lowest BCUT2D eigenvalue weighted by molar-refractivity contribution is 0.446. The van der Waals surface area contributed by atoms with E-state index in [2.05, 4.69) is 55.2 Å². The molecule has 0 fully saturated rings. The lowest BCUT2D eigenvalue weighted by Gasteiger charge is -2.12. The zero-order valence-corrected chi connectivity index (χ0v) is 12.5. The molecule has 0 bridgehead atoms. The SMILES string of the molecule is C[C@@H](NCc1cc(Br)c(Br)o1)c1cccnc1. The molecule has 0 aliphatic carbocycles. The highest BCUT2D eigenvalue weighted by Crippen LogP contribution is 2.26. The Balaban J connectivity index is 1.94. The fourth-order valence-electron chi connectivity index (χ4n) is 1.48. The Morgan fingerprint density at radius 2 is 2.29 bits per heavy atom. The number of rotatable bonds is 4. The first-order valence-electron chi connectivity index (χ1n) is 5.24. The van der Waals surface area contributed by atoms with Gasteiger partial charge >= 0.3 is 0 Å². The Morgan fingerprint density at radius 1 is 1.47 bits per heavy atom. The lowest BCUT2D eigenvalue weighted by atomic mass is 10.1. The number of halogens is 2. The van der Waals surface area contributed by atoms with Gasteiger partial charge in [-0.25, -0.2) is 0 Å². The second-order valence-electron chi connectivity index (χ2n) is 3.72. The number of hydrogen-bond acceptors (Lipinski definition) is 3. The van der Waals surface area contributed by atoms with Gasteiger partial charge in [-0.3, -0.25) is 4.98 Å². The number of nitrogens with one attached hydrogen (secondary N) is 1. The van der Waals surface area contributed by atoms with Crippen LogP contribution in [0.2, 0.25) is 0 Å². The van der Waals surface area contributed by atoms with Gasteiger partial charge in [-0.2, -0.15) is 0 Å². The van der Waals surface area contributed by atoms with Gasteiger partial charge in [-0.1, -0.05) is 6.07 Å². The second-order valence-corrected chi connectivity index (χ2v) is 5.30. The summed E-state index contributed by atoms with van der Waals surface area (Å²) in [4.78, 5) is 4.10. The average Bonchev–Trinajstić information content (AvgIpc) is 2.67. The molecule has 0 aromatic carbocycles. The van der Waals surface area contributed by atoms with Crippen molar-refractivity contribution < 1.29 is 4.42 Å². The molecule has 2 rings (SSSR count). The van der Waals surface area contributed by atoms with Crippen LogP contribution in [0.25, 0.3) is 0 Å². The number of furan rings is 1. The monoisotopic (exact) mass is 358 g/mol. The Labute approximate surface area is 117 Å². The molecule has 0 saturated carbocycles. The Hall–Kier alpha value is -0.650. The first kappa shape index (κ1) is 12.8. The van der Waals surface area contributed by atoms with Gasteiger partial charge in [-0.05, 0) is 56.5 Å². The summed E-state index contributed by atoms with van der Waals surface area (Å²) >= 11 is 6.71. The van der Waals surface area contributed by atoms with Crippen LogP contribution >= 0.6 is 31.9 Å². The summed E-state index contributed by atoms with van der Waals surface area (Å²) in [6.07, 6.45) is 3.64. The topological polar surface area (TPSA) is 38.1 Å². The minimum Gasteiger partial charge on any atom is -0.452 e. The minimum atomic E-state index is 0.242. The van der Waals surface area contributed by atoms with Gasteiger partial charge in [0.1, 0.15) is 5.76 Å². The number of aromatic nitrogens is 1. The Morgan fingerprint density at radius 3 is 2.88 bits per heavy atom. The van der Waals surface area contributed by atoms with E-state index in [4.69, 9.17) is 4.42 Å². The van der Waals surface area contributed by atoms with Crippen LogP contribution in [-0.2, 0) is 6.54 Å². The molecule has 0 radical (unpaired) electrons. The third-order valence-corrected chi connectivity index (χ3v) is 4.17. The highest BCUT2D eigenvalue weighted by Gasteiger charge is 2.08. The molecule has 5 heteroatoms. The molecule has 2 aromatic heterocycles. The van der Waals surface area contributed by atoms with Gasteiger partial charge in [0.05, 0.1) is 11.0 Å². The number of pyridine rings is 1. The molecule has 3 nitrogen and oxygen atoms in total. The van der Waals surface area contributed by atoms with Gasteiger partial charge in [0.25, 0.3) is 0 Å². The molecule has 1 atom stereocenters. The predicted molar refractivity (Wildman–Crippen MR) is 73.6 cm³/mol. The summed E-state index contributed by atoms with van der Waals surface area (Å²) in [5, 5.41) is 3.38. The quantitative estimate of drug-likeness (QED) is 0.894. The first-order valence-corrected chi connectivity index (χ1v) is 6.82. The van der Waals surface area contributed by atoms with Gasteiger partial charge in [0.15, 0.2) is 4.67 Å². The third kappa shape index (κ3) is 3.40. The van der Waals surface area contributed by atoms with E-state index in [9.17, 15) is 0 Å². The highest BCUT2D eigenvalue weighted by molar-refractivity contribution is 9.13. The van der Waals surface area contributed by atoms with Crippen molar-refractivity contribution in [3.05, 3.63) is 51.1 Å². The number of nitrogens with zero attached hydrogens (tertiary/aromatic N) is 1. The smallest absolute Gasteiger partial charge is 0.183 e. The molecule has 1 N–H and O–H groups in total. The van der Waals surface area contributed by atoms with Crippen LogP contribution in [0, 0.1) is 0 Å². The molecular weight excluding hydrogens is 348 g/mol. The zero-order valence-electron chi connectivity index (χ0n) is 9.28. The fourth-order valence-corrected chi connectivity index (χ4v) is 2.14. The van der Waals surface area contributed by atoms with E-state index >= 15 is 0 Å². The van der Waals surface area contributed by atoms with Crippen molar-refractivity contribution in [1.29, 1.82) is 0 Å². The van der Waals surface area contributed by atoms with E-state index in [1.54, 1.807) is 6.20 Å². The van der Waals surface area contributed by atoms with Crippen molar-refractivity contribution in [3.63, 3.8) is 0 Å². The summed E-state index contributed by atoms with van der Waals surface area (Å²) in [5.74, 6) is 0.888. The van der Waals surface area contributed by atoms with Gasteiger partial charge in [0, 0.05) is 18.4 Å². The Kier molecular flexibility index (Phi) is 4.36. The maximum absolute atomic E-state index is 5.49. The molecule has 17 heavy (non-hydrogen) atoms. The molecular formula is C12H12Br2N2O. The van der Waals surface area contributed by atoms with E-state index in [1.165, 1.54) is 0 Å². The Bertz CT molecular complexity index is 465. The number of hydrogen-bond donors (Lipinski definition) is 1.